The number of anilines is 2. The van der Waals surface area contributed by atoms with E-state index in [2.05, 4.69) is 15.3 Å². The number of rotatable bonds is 5. The zero-order chi connectivity index (χ0) is 11.0. The Labute approximate surface area is 95.7 Å². The number of nitrogen functional groups attached to an aromatic ring is 1. The van der Waals surface area contributed by atoms with Crippen molar-refractivity contribution in [3.63, 3.8) is 0 Å². The van der Waals surface area contributed by atoms with Crippen molar-refractivity contribution in [1.82, 2.24) is 9.97 Å². The SMILES string of the molecule is Nc1nccnc1NCC(C1CC1)C1CC1. The van der Waals surface area contributed by atoms with Gasteiger partial charge in [0.25, 0.3) is 0 Å². The summed E-state index contributed by atoms with van der Waals surface area (Å²) in [5, 5.41) is 3.36. The van der Waals surface area contributed by atoms with Crippen molar-refractivity contribution in [3.8, 4) is 0 Å². The third kappa shape index (κ3) is 2.10. The molecule has 1 heterocycles. The van der Waals surface area contributed by atoms with Crippen LogP contribution >= 0.6 is 0 Å². The summed E-state index contributed by atoms with van der Waals surface area (Å²) >= 11 is 0. The molecule has 86 valence electrons. The fourth-order valence-electron chi connectivity index (χ4n) is 2.47. The highest BCUT2D eigenvalue weighted by molar-refractivity contribution is 5.54. The van der Waals surface area contributed by atoms with Crippen molar-refractivity contribution in [1.29, 1.82) is 0 Å². The van der Waals surface area contributed by atoms with Gasteiger partial charge < -0.3 is 11.1 Å². The molecule has 0 spiro atoms. The van der Waals surface area contributed by atoms with E-state index in [1.807, 2.05) is 0 Å². The average molecular weight is 218 g/mol. The van der Waals surface area contributed by atoms with E-state index in [4.69, 9.17) is 5.73 Å². The molecule has 3 N–H and O–H groups in total. The van der Waals surface area contributed by atoms with Crippen LogP contribution in [0, 0.1) is 17.8 Å². The Morgan fingerprint density at radius 1 is 1.19 bits per heavy atom. The number of hydrogen-bond donors (Lipinski definition) is 2. The molecule has 0 bridgehead atoms. The molecular formula is C12H18N4. The van der Waals surface area contributed by atoms with Crippen molar-refractivity contribution in [2.75, 3.05) is 17.6 Å². The van der Waals surface area contributed by atoms with Gasteiger partial charge in [-0.1, -0.05) is 0 Å². The summed E-state index contributed by atoms with van der Waals surface area (Å²) in [6, 6.07) is 0. The Hall–Kier alpha value is -1.32. The van der Waals surface area contributed by atoms with Gasteiger partial charge in [0, 0.05) is 18.9 Å². The minimum absolute atomic E-state index is 0.507. The molecule has 2 aliphatic rings. The molecule has 0 amide bonds. The van der Waals surface area contributed by atoms with E-state index in [9.17, 15) is 0 Å². The summed E-state index contributed by atoms with van der Waals surface area (Å²) in [5.74, 6) is 4.00. The molecule has 0 aliphatic heterocycles. The van der Waals surface area contributed by atoms with Crippen LogP contribution in [0.1, 0.15) is 25.7 Å². The Bertz CT molecular complexity index is 359. The summed E-state index contributed by atoms with van der Waals surface area (Å²) in [5.41, 5.74) is 5.75. The number of nitrogens with two attached hydrogens (primary N) is 1. The minimum Gasteiger partial charge on any atom is -0.381 e. The van der Waals surface area contributed by atoms with E-state index >= 15 is 0 Å². The summed E-state index contributed by atoms with van der Waals surface area (Å²) in [6.45, 7) is 1.01. The monoisotopic (exact) mass is 218 g/mol. The molecule has 1 aromatic rings. The van der Waals surface area contributed by atoms with E-state index in [-0.39, 0.29) is 0 Å². The van der Waals surface area contributed by atoms with Crippen LogP contribution in [0.3, 0.4) is 0 Å². The third-order valence-electron chi connectivity index (χ3n) is 3.69. The Kier molecular flexibility index (Phi) is 2.42. The van der Waals surface area contributed by atoms with Gasteiger partial charge in [-0.25, -0.2) is 9.97 Å². The summed E-state index contributed by atoms with van der Waals surface area (Å²) in [7, 11) is 0. The van der Waals surface area contributed by atoms with Gasteiger partial charge in [0.1, 0.15) is 0 Å². The van der Waals surface area contributed by atoms with Crippen LogP contribution in [0.2, 0.25) is 0 Å². The normalized spacial score (nSPS) is 20.1. The lowest BCUT2D eigenvalue weighted by Gasteiger charge is -2.16. The lowest BCUT2D eigenvalue weighted by Crippen LogP contribution is -2.19. The highest BCUT2D eigenvalue weighted by Gasteiger charge is 2.41. The van der Waals surface area contributed by atoms with Crippen LogP contribution in [-0.2, 0) is 0 Å². The number of aromatic nitrogens is 2. The van der Waals surface area contributed by atoms with E-state index in [1.54, 1.807) is 12.4 Å². The predicted octanol–water partition coefficient (Wildman–Crippen LogP) is 1.91. The fourth-order valence-corrected chi connectivity index (χ4v) is 2.47. The molecular weight excluding hydrogens is 200 g/mol. The Balaban J connectivity index is 1.60. The second kappa shape index (κ2) is 3.92. The van der Waals surface area contributed by atoms with Gasteiger partial charge in [-0.15, -0.1) is 0 Å². The largest absolute Gasteiger partial charge is 0.381 e. The molecule has 0 aromatic carbocycles. The zero-order valence-electron chi connectivity index (χ0n) is 9.39. The van der Waals surface area contributed by atoms with E-state index in [0.29, 0.717) is 5.82 Å². The molecule has 2 aliphatic carbocycles. The number of nitrogens with one attached hydrogen (secondary N) is 1. The molecule has 0 radical (unpaired) electrons. The summed E-state index contributed by atoms with van der Waals surface area (Å²) in [6.07, 6.45) is 8.97. The predicted molar refractivity (Wildman–Crippen MR) is 63.9 cm³/mol. The van der Waals surface area contributed by atoms with Crippen LogP contribution in [0.15, 0.2) is 12.4 Å². The van der Waals surface area contributed by atoms with Gasteiger partial charge >= 0.3 is 0 Å². The summed E-state index contributed by atoms with van der Waals surface area (Å²) < 4.78 is 0. The standard InChI is InChI=1S/C12H18N4/c13-11-12(15-6-5-14-11)16-7-10(8-1-2-8)9-3-4-9/h5-6,8-10H,1-4,7H2,(H2,13,14)(H,15,16). The molecule has 0 unspecified atom stereocenters. The van der Waals surface area contributed by atoms with Crippen molar-refractivity contribution in [2.24, 2.45) is 17.8 Å². The van der Waals surface area contributed by atoms with Crippen LogP contribution < -0.4 is 11.1 Å². The smallest absolute Gasteiger partial charge is 0.168 e. The van der Waals surface area contributed by atoms with Gasteiger partial charge in [0.2, 0.25) is 0 Å². The maximum atomic E-state index is 5.75. The van der Waals surface area contributed by atoms with Crippen LogP contribution in [0.25, 0.3) is 0 Å². The van der Waals surface area contributed by atoms with Crippen molar-refractivity contribution < 1.29 is 0 Å². The zero-order valence-corrected chi connectivity index (χ0v) is 9.39. The second-order valence-corrected chi connectivity index (χ2v) is 5.01. The Morgan fingerprint density at radius 3 is 2.38 bits per heavy atom. The molecule has 2 saturated carbocycles. The molecule has 0 saturated heterocycles. The van der Waals surface area contributed by atoms with Gasteiger partial charge in [0.05, 0.1) is 0 Å². The quantitative estimate of drug-likeness (QED) is 0.792. The first kappa shape index (κ1) is 9.87. The van der Waals surface area contributed by atoms with E-state index in [0.717, 1.165) is 30.1 Å². The molecule has 4 nitrogen and oxygen atoms in total. The third-order valence-corrected chi connectivity index (χ3v) is 3.69. The Morgan fingerprint density at radius 2 is 1.81 bits per heavy atom. The van der Waals surface area contributed by atoms with Gasteiger partial charge in [-0.3, -0.25) is 0 Å². The van der Waals surface area contributed by atoms with Gasteiger partial charge in [-0.2, -0.15) is 0 Å². The molecule has 16 heavy (non-hydrogen) atoms. The van der Waals surface area contributed by atoms with E-state index < -0.39 is 0 Å². The maximum absolute atomic E-state index is 5.75. The van der Waals surface area contributed by atoms with Crippen LogP contribution in [0.4, 0.5) is 11.6 Å². The number of nitrogens with zero attached hydrogens (tertiary/aromatic N) is 2. The first-order chi connectivity index (χ1) is 7.84. The minimum atomic E-state index is 0.507. The average Bonchev–Trinajstić information content (AvgIpc) is 3.15. The highest BCUT2D eigenvalue weighted by Crippen LogP contribution is 2.49. The topological polar surface area (TPSA) is 63.8 Å². The molecule has 4 heteroatoms. The first-order valence-electron chi connectivity index (χ1n) is 6.15. The molecule has 1 aromatic heterocycles. The maximum Gasteiger partial charge on any atom is 0.168 e. The number of hydrogen-bond acceptors (Lipinski definition) is 4. The van der Waals surface area contributed by atoms with Crippen LogP contribution in [-0.4, -0.2) is 16.5 Å². The van der Waals surface area contributed by atoms with Gasteiger partial charge in [-0.05, 0) is 43.4 Å². The second-order valence-electron chi connectivity index (χ2n) is 5.01. The first-order valence-corrected chi connectivity index (χ1v) is 6.15. The van der Waals surface area contributed by atoms with Crippen molar-refractivity contribution >= 4 is 11.6 Å². The van der Waals surface area contributed by atoms with Crippen molar-refractivity contribution in [3.05, 3.63) is 12.4 Å². The fraction of sp³-hybridized carbons (Fsp3) is 0.667. The van der Waals surface area contributed by atoms with Crippen LogP contribution in [0.5, 0.6) is 0 Å². The van der Waals surface area contributed by atoms with E-state index in [1.165, 1.54) is 25.7 Å². The molecule has 3 rings (SSSR count). The van der Waals surface area contributed by atoms with Crippen molar-refractivity contribution in [2.45, 2.75) is 25.7 Å². The highest BCUT2D eigenvalue weighted by atomic mass is 15.0. The lowest BCUT2D eigenvalue weighted by molar-refractivity contribution is 0.428. The van der Waals surface area contributed by atoms with Gasteiger partial charge in [0.15, 0.2) is 11.6 Å². The lowest BCUT2D eigenvalue weighted by atomic mass is 9.98. The molecule has 2 fully saturated rings. The summed E-state index contributed by atoms with van der Waals surface area (Å²) in [4.78, 5) is 8.24. The molecule has 0 atom stereocenters.